The molecule has 3 nitrogen and oxygen atoms in total. The largest absolute Gasteiger partial charge is 0.336 e. The quantitative estimate of drug-likeness (QED) is 0.882. The van der Waals surface area contributed by atoms with Crippen molar-refractivity contribution in [1.29, 1.82) is 5.26 Å². The lowest BCUT2D eigenvalue weighted by Gasteiger charge is -2.12. The van der Waals surface area contributed by atoms with Gasteiger partial charge < -0.3 is 5.32 Å². The molecule has 2 aromatic rings. The van der Waals surface area contributed by atoms with Crippen LogP contribution in [0.15, 0.2) is 22.7 Å². The molecule has 0 saturated carbocycles. The van der Waals surface area contributed by atoms with E-state index in [1.165, 1.54) is 0 Å². The van der Waals surface area contributed by atoms with Gasteiger partial charge in [-0.1, -0.05) is 0 Å². The SMILES string of the molecule is N#Cc1cc2c(nc1Nc1c(F)cc(F)cc1Br)CCC2. The van der Waals surface area contributed by atoms with Crippen LogP contribution in [-0.4, -0.2) is 4.98 Å². The third-order valence-electron chi connectivity index (χ3n) is 3.42. The predicted octanol–water partition coefficient (Wildman–Crippen LogP) is 4.23. The zero-order valence-electron chi connectivity index (χ0n) is 10.9. The molecule has 0 radical (unpaired) electrons. The van der Waals surface area contributed by atoms with Gasteiger partial charge in [-0.05, 0) is 52.9 Å². The van der Waals surface area contributed by atoms with Crippen LogP contribution in [0.2, 0.25) is 0 Å². The molecule has 6 heteroatoms. The van der Waals surface area contributed by atoms with Crippen LogP contribution in [0.25, 0.3) is 0 Å². The first-order chi connectivity index (χ1) is 10.1. The van der Waals surface area contributed by atoms with E-state index in [1.54, 1.807) is 6.07 Å². The molecular formula is C15H10BrF2N3. The Morgan fingerprint density at radius 3 is 2.76 bits per heavy atom. The first kappa shape index (κ1) is 14.0. The molecule has 0 atom stereocenters. The van der Waals surface area contributed by atoms with Gasteiger partial charge >= 0.3 is 0 Å². The number of pyridine rings is 1. The van der Waals surface area contributed by atoms with Crippen molar-refractivity contribution in [3.8, 4) is 6.07 Å². The standard InChI is InChI=1S/C15H10BrF2N3/c16-11-5-10(17)6-12(18)14(11)21-15-9(7-19)4-8-2-1-3-13(8)20-15/h4-6H,1-3H2,(H,20,21). The van der Waals surface area contributed by atoms with Gasteiger partial charge in [0.25, 0.3) is 0 Å². The molecule has 3 rings (SSSR count). The third kappa shape index (κ3) is 2.61. The number of benzene rings is 1. The number of aromatic nitrogens is 1. The van der Waals surface area contributed by atoms with E-state index in [0.717, 1.165) is 42.7 Å². The zero-order valence-corrected chi connectivity index (χ0v) is 12.5. The maximum absolute atomic E-state index is 13.9. The Kier molecular flexibility index (Phi) is 3.60. The average Bonchev–Trinajstić information content (AvgIpc) is 2.88. The van der Waals surface area contributed by atoms with Crippen LogP contribution in [0.3, 0.4) is 0 Å². The van der Waals surface area contributed by atoms with Gasteiger partial charge in [0.05, 0.1) is 11.3 Å². The molecule has 106 valence electrons. The zero-order chi connectivity index (χ0) is 15.0. The smallest absolute Gasteiger partial charge is 0.150 e. The van der Waals surface area contributed by atoms with Gasteiger partial charge in [0.1, 0.15) is 17.7 Å². The van der Waals surface area contributed by atoms with E-state index in [1.807, 2.05) is 0 Å². The highest BCUT2D eigenvalue weighted by Crippen LogP contribution is 2.32. The second kappa shape index (κ2) is 5.41. The van der Waals surface area contributed by atoms with Crippen molar-refractivity contribution < 1.29 is 8.78 Å². The summed E-state index contributed by atoms with van der Waals surface area (Å²) in [5.74, 6) is -1.12. The molecule has 0 bridgehead atoms. The molecular weight excluding hydrogens is 340 g/mol. The van der Waals surface area contributed by atoms with Crippen LogP contribution in [0.5, 0.6) is 0 Å². The minimum atomic E-state index is -0.743. The lowest BCUT2D eigenvalue weighted by atomic mass is 10.1. The van der Waals surface area contributed by atoms with E-state index in [9.17, 15) is 14.0 Å². The van der Waals surface area contributed by atoms with Crippen molar-refractivity contribution >= 4 is 27.4 Å². The molecule has 1 aliphatic carbocycles. The number of rotatable bonds is 2. The number of hydrogen-bond acceptors (Lipinski definition) is 3. The van der Waals surface area contributed by atoms with Gasteiger partial charge in [-0.15, -0.1) is 0 Å². The van der Waals surface area contributed by atoms with Crippen molar-refractivity contribution in [1.82, 2.24) is 4.98 Å². The third-order valence-corrected chi connectivity index (χ3v) is 4.05. The number of hydrogen-bond donors (Lipinski definition) is 1. The summed E-state index contributed by atoms with van der Waals surface area (Å²) in [6.07, 6.45) is 2.76. The maximum atomic E-state index is 13.9. The Balaban J connectivity index is 2.05. The van der Waals surface area contributed by atoms with Gasteiger partial charge in [0, 0.05) is 16.2 Å². The average molecular weight is 350 g/mol. The summed E-state index contributed by atoms with van der Waals surface area (Å²) in [6, 6.07) is 5.79. The summed E-state index contributed by atoms with van der Waals surface area (Å²) in [5.41, 5.74) is 2.41. The molecule has 0 fully saturated rings. The normalized spacial score (nSPS) is 12.9. The van der Waals surface area contributed by atoms with E-state index in [0.29, 0.717) is 11.4 Å². The van der Waals surface area contributed by atoms with Gasteiger partial charge in [-0.25, -0.2) is 13.8 Å². The van der Waals surface area contributed by atoms with Gasteiger partial charge in [-0.2, -0.15) is 5.26 Å². The van der Waals surface area contributed by atoms with Crippen LogP contribution in [0.4, 0.5) is 20.3 Å². The summed E-state index contributed by atoms with van der Waals surface area (Å²) in [5, 5.41) is 12.0. The topological polar surface area (TPSA) is 48.7 Å². The number of nitrogens with zero attached hydrogens (tertiary/aromatic N) is 2. The molecule has 1 heterocycles. The van der Waals surface area contributed by atoms with Crippen LogP contribution in [0.1, 0.15) is 23.2 Å². The minimum absolute atomic E-state index is 0.0679. The van der Waals surface area contributed by atoms with Crippen molar-refractivity contribution in [2.24, 2.45) is 0 Å². The summed E-state index contributed by atoms with van der Waals surface area (Å²) < 4.78 is 27.2. The molecule has 1 aromatic heterocycles. The highest BCUT2D eigenvalue weighted by molar-refractivity contribution is 9.10. The minimum Gasteiger partial charge on any atom is -0.336 e. The Bertz CT molecular complexity index is 745. The van der Waals surface area contributed by atoms with Crippen LogP contribution < -0.4 is 5.32 Å². The highest BCUT2D eigenvalue weighted by Gasteiger charge is 2.18. The Labute approximate surface area is 128 Å². The molecule has 0 amide bonds. The number of halogens is 3. The van der Waals surface area contributed by atoms with Crippen LogP contribution in [0, 0.1) is 23.0 Å². The van der Waals surface area contributed by atoms with Gasteiger partial charge in [0.2, 0.25) is 0 Å². The van der Waals surface area contributed by atoms with Crippen molar-refractivity contribution in [3.63, 3.8) is 0 Å². The van der Waals surface area contributed by atoms with Crippen LogP contribution >= 0.6 is 15.9 Å². The first-order valence-corrected chi connectivity index (χ1v) is 7.22. The second-order valence-corrected chi connectivity index (χ2v) is 5.68. The van der Waals surface area contributed by atoms with E-state index >= 15 is 0 Å². The van der Waals surface area contributed by atoms with Gasteiger partial charge in [-0.3, -0.25) is 0 Å². The number of anilines is 2. The Morgan fingerprint density at radius 2 is 2.05 bits per heavy atom. The summed E-state index contributed by atoms with van der Waals surface area (Å²) in [4.78, 5) is 4.41. The molecule has 21 heavy (non-hydrogen) atoms. The first-order valence-electron chi connectivity index (χ1n) is 6.43. The van der Waals surface area contributed by atoms with Crippen molar-refractivity contribution in [2.75, 3.05) is 5.32 Å². The number of aryl methyl sites for hydroxylation is 2. The van der Waals surface area contributed by atoms with Crippen molar-refractivity contribution in [3.05, 3.63) is 51.1 Å². The van der Waals surface area contributed by atoms with Crippen molar-refractivity contribution in [2.45, 2.75) is 19.3 Å². The Morgan fingerprint density at radius 1 is 1.24 bits per heavy atom. The lowest BCUT2D eigenvalue weighted by molar-refractivity contribution is 0.584. The summed E-state index contributed by atoms with van der Waals surface area (Å²) in [6.45, 7) is 0. The summed E-state index contributed by atoms with van der Waals surface area (Å²) >= 11 is 3.11. The predicted molar refractivity (Wildman–Crippen MR) is 78.3 cm³/mol. The summed E-state index contributed by atoms with van der Waals surface area (Å²) in [7, 11) is 0. The molecule has 0 unspecified atom stereocenters. The van der Waals surface area contributed by atoms with Crippen LogP contribution in [-0.2, 0) is 12.8 Å². The van der Waals surface area contributed by atoms with Gasteiger partial charge in [0.15, 0.2) is 5.82 Å². The molecule has 0 aliphatic heterocycles. The fraction of sp³-hybridized carbons (Fsp3) is 0.200. The number of nitriles is 1. The monoisotopic (exact) mass is 349 g/mol. The highest BCUT2D eigenvalue weighted by atomic mass is 79.9. The molecule has 0 spiro atoms. The van der Waals surface area contributed by atoms with E-state index in [2.05, 4.69) is 32.3 Å². The number of fused-ring (bicyclic) bond motifs is 1. The fourth-order valence-electron chi connectivity index (χ4n) is 2.43. The van der Waals surface area contributed by atoms with E-state index < -0.39 is 11.6 Å². The fourth-order valence-corrected chi connectivity index (χ4v) is 2.94. The Hall–Kier alpha value is -2.00. The van der Waals surface area contributed by atoms with E-state index in [-0.39, 0.29) is 10.2 Å². The molecule has 1 aromatic carbocycles. The lowest BCUT2D eigenvalue weighted by Crippen LogP contribution is -2.03. The number of nitrogens with one attached hydrogen (secondary N) is 1. The molecule has 1 N–H and O–H groups in total. The second-order valence-electron chi connectivity index (χ2n) is 4.83. The molecule has 0 saturated heterocycles. The molecule has 1 aliphatic rings. The van der Waals surface area contributed by atoms with E-state index in [4.69, 9.17) is 0 Å². The maximum Gasteiger partial charge on any atom is 0.150 e.